The van der Waals surface area contributed by atoms with Crippen molar-refractivity contribution in [3.63, 3.8) is 0 Å². The Morgan fingerprint density at radius 3 is 2.21 bits per heavy atom. The average Bonchev–Trinajstić information content (AvgIpc) is 2.55. The van der Waals surface area contributed by atoms with Crippen LogP contribution in [0.4, 0.5) is 0 Å². The van der Waals surface area contributed by atoms with Crippen LogP contribution in [-0.4, -0.2) is 27.7 Å². The maximum absolute atomic E-state index is 12.2. The third kappa shape index (κ3) is 5.96. The van der Waals surface area contributed by atoms with Gasteiger partial charge in [-0.2, -0.15) is 0 Å². The third-order valence-corrected chi connectivity index (χ3v) is 4.65. The normalized spacial score (nSPS) is 11.6. The van der Waals surface area contributed by atoms with E-state index in [1.165, 1.54) is 12.1 Å². The fraction of sp³-hybridized carbons (Fsp3) is 0.333. The molecule has 0 fully saturated rings. The summed E-state index contributed by atoms with van der Waals surface area (Å²) in [7, 11) is -3.51. The minimum absolute atomic E-state index is 0.152. The molecule has 6 heteroatoms. The second kappa shape index (κ2) is 8.82. The van der Waals surface area contributed by atoms with E-state index in [9.17, 15) is 8.42 Å². The second-order valence-corrected chi connectivity index (χ2v) is 7.32. The number of ether oxygens (including phenoxy) is 2. The molecule has 0 bridgehead atoms. The van der Waals surface area contributed by atoms with Crippen molar-refractivity contribution in [2.45, 2.75) is 31.3 Å². The molecule has 130 valence electrons. The first kappa shape index (κ1) is 18.4. The molecule has 0 heterocycles. The van der Waals surface area contributed by atoms with Gasteiger partial charge in [-0.3, -0.25) is 0 Å². The number of sulfonamides is 1. The molecule has 0 amide bonds. The molecular formula is C18H23NO4S. The van der Waals surface area contributed by atoms with Crippen LogP contribution >= 0.6 is 0 Å². The molecule has 0 aliphatic rings. The van der Waals surface area contributed by atoms with E-state index in [0.717, 1.165) is 0 Å². The Kier molecular flexibility index (Phi) is 6.78. The van der Waals surface area contributed by atoms with E-state index in [1.54, 1.807) is 12.1 Å². The molecule has 0 unspecified atom stereocenters. The highest BCUT2D eigenvalue weighted by Gasteiger charge is 2.13. The summed E-state index contributed by atoms with van der Waals surface area (Å²) >= 11 is 0. The molecule has 0 atom stereocenters. The summed E-state index contributed by atoms with van der Waals surface area (Å²) in [6, 6.07) is 15.7. The molecular weight excluding hydrogens is 326 g/mol. The van der Waals surface area contributed by atoms with Crippen molar-refractivity contribution >= 4 is 10.0 Å². The minimum atomic E-state index is -3.51. The van der Waals surface area contributed by atoms with Crippen molar-refractivity contribution in [1.29, 1.82) is 0 Å². The van der Waals surface area contributed by atoms with Crippen molar-refractivity contribution in [2.75, 3.05) is 13.2 Å². The maximum atomic E-state index is 12.2. The van der Waals surface area contributed by atoms with Gasteiger partial charge in [0.15, 0.2) is 0 Å². The van der Waals surface area contributed by atoms with E-state index in [2.05, 4.69) is 4.72 Å². The molecule has 0 radical (unpaired) electrons. The zero-order valence-corrected chi connectivity index (χ0v) is 14.8. The van der Waals surface area contributed by atoms with E-state index in [-0.39, 0.29) is 11.0 Å². The molecule has 0 aromatic heterocycles. The van der Waals surface area contributed by atoms with Crippen molar-refractivity contribution in [1.82, 2.24) is 4.72 Å². The lowest BCUT2D eigenvalue weighted by Gasteiger charge is -2.10. The Morgan fingerprint density at radius 1 is 0.958 bits per heavy atom. The first-order valence-electron chi connectivity index (χ1n) is 7.91. The summed E-state index contributed by atoms with van der Waals surface area (Å²) in [5.74, 6) is 1.29. The van der Waals surface area contributed by atoms with E-state index in [0.29, 0.717) is 31.1 Å². The first-order chi connectivity index (χ1) is 11.5. The van der Waals surface area contributed by atoms with E-state index < -0.39 is 10.0 Å². The second-order valence-electron chi connectivity index (χ2n) is 5.56. The molecule has 2 rings (SSSR count). The minimum Gasteiger partial charge on any atom is -0.457 e. The van der Waals surface area contributed by atoms with Crippen LogP contribution in [0, 0.1) is 0 Å². The number of hydrogen-bond donors (Lipinski definition) is 1. The van der Waals surface area contributed by atoms with Gasteiger partial charge in [-0.15, -0.1) is 0 Å². The lowest BCUT2D eigenvalue weighted by molar-refractivity contribution is 0.0778. The summed E-state index contributed by atoms with van der Waals surface area (Å²) in [6.45, 7) is 4.77. The molecule has 0 spiro atoms. The topological polar surface area (TPSA) is 64.6 Å². The van der Waals surface area contributed by atoms with Gasteiger partial charge in [-0.25, -0.2) is 13.1 Å². The molecule has 0 saturated heterocycles. The molecule has 2 aromatic rings. The van der Waals surface area contributed by atoms with Crippen molar-refractivity contribution in [2.24, 2.45) is 0 Å². The van der Waals surface area contributed by atoms with Gasteiger partial charge in [0.1, 0.15) is 11.5 Å². The summed E-state index contributed by atoms with van der Waals surface area (Å²) in [5.41, 5.74) is 0. The van der Waals surface area contributed by atoms with Crippen LogP contribution in [-0.2, 0) is 14.8 Å². The molecule has 5 nitrogen and oxygen atoms in total. The quantitative estimate of drug-likeness (QED) is 0.703. The smallest absolute Gasteiger partial charge is 0.240 e. The first-order valence-corrected chi connectivity index (χ1v) is 9.40. The predicted molar refractivity (Wildman–Crippen MR) is 93.9 cm³/mol. The van der Waals surface area contributed by atoms with Crippen LogP contribution in [0.15, 0.2) is 59.5 Å². The van der Waals surface area contributed by atoms with Gasteiger partial charge in [-0.1, -0.05) is 18.2 Å². The van der Waals surface area contributed by atoms with Crippen LogP contribution < -0.4 is 9.46 Å². The van der Waals surface area contributed by atoms with E-state index in [4.69, 9.17) is 9.47 Å². The SMILES string of the molecule is CC(C)OCCCNS(=O)(=O)c1ccc(Oc2ccccc2)cc1. The lowest BCUT2D eigenvalue weighted by atomic mass is 10.3. The predicted octanol–water partition coefficient (Wildman–Crippen LogP) is 3.57. The zero-order valence-electron chi connectivity index (χ0n) is 13.9. The van der Waals surface area contributed by atoms with Crippen LogP contribution in [0.25, 0.3) is 0 Å². The van der Waals surface area contributed by atoms with E-state index in [1.807, 2.05) is 44.2 Å². The molecule has 0 aliphatic carbocycles. The van der Waals surface area contributed by atoms with E-state index >= 15 is 0 Å². The van der Waals surface area contributed by atoms with Gasteiger partial charge in [0.2, 0.25) is 10.0 Å². The number of para-hydroxylation sites is 1. The van der Waals surface area contributed by atoms with Gasteiger partial charge in [0, 0.05) is 13.2 Å². The summed E-state index contributed by atoms with van der Waals surface area (Å²) < 4.78 is 38.0. The Labute approximate surface area is 143 Å². The Bertz CT molecular complexity index is 712. The highest BCUT2D eigenvalue weighted by atomic mass is 32.2. The molecule has 24 heavy (non-hydrogen) atoms. The van der Waals surface area contributed by atoms with Crippen molar-refractivity contribution in [3.8, 4) is 11.5 Å². The zero-order chi connectivity index (χ0) is 17.4. The van der Waals surface area contributed by atoms with Crippen LogP contribution in [0.1, 0.15) is 20.3 Å². The van der Waals surface area contributed by atoms with Gasteiger partial charge in [0.05, 0.1) is 11.0 Å². The summed E-state index contributed by atoms with van der Waals surface area (Å²) in [4.78, 5) is 0.215. The number of benzene rings is 2. The highest BCUT2D eigenvalue weighted by Crippen LogP contribution is 2.22. The number of hydrogen-bond acceptors (Lipinski definition) is 4. The highest BCUT2D eigenvalue weighted by molar-refractivity contribution is 7.89. The Hall–Kier alpha value is -1.89. The van der Waals surface area contributed by atoms with Crippen molar-refractivity contribution < 1.29 is 17.9 Å². The van der Waals surface area contributed by atoms with Gasteiger partial charge in [-0.05, 0) is 56.7 Å². The standard InChI is InChI=1S/C18H23NO4S/c1-15(2)22-14-6-13-19-24(20,21)18-11-9-17(10-12-18)23-16-7-4-3-5-8-16/h3-5,7-12,15,19H,6,13-14H2,1-2H3. The van der Waals surface area contributed by atoms with Gasteiger partial charge >= 0.3 is 0 Å². The van der Waals surface area contributed by atoms with Crippen LogP contribution in [0.3, 0.4) is 0 Å². The third-order valence-electron chi connectivity index (χ3n) is 3.18. The fourth-order valence-corrected chi connectivity index (χ4v) is 3.07. The summed E-state index contributed by atoms with van der Waals surface area (Å²) in [6.07, 6.45) is 0.783. The van der Waals surface area contributed by atoms with Crippen LogP contribution in [0.2, 0.25) is 0 Å². The largest absolute Gasteiger partial charge is 0.457 e. The molecule has 0 saturated carbocycles. The Morgan fingerprint density at radius 2 is 1.58 bits per heavy atom. The average molecular weight is 349 g/mol. The van der Waals surface area contributed by atoms with Crippen LogP contribution in [0.5, 0.6) is 11.5 Å². The number of rotatable bonds is 9. The summed E-state index contributed by atoms with van der Waals surface area (Å²) in [5, 5.41) is 0. The fourth-order valence-electron chi connectivity index (χ4n) is 1.99. The van der Waals surface area contributed by atoms with Gasteiger partial charge in [0.25, 0.3) is 0 Å². The lowest BCUT2D eigenvalue weighted by Crippen LogP contribution is -2.25. The molecule has 2 aromatic carbocycles. The van der Waals surface area contributed by atoms with Gasteiger partial charge < -0.3 is 9.47 Å². The Balaban J connectivity index is 1.89. The van der Waals surface area contributed by atoms with Crippen molar-refractivity contribution in [3.05, 3.63) is 54.6 Å². The molecule has 0 aliphatic heterocycles. The molecule has 1 N–H and O–H groups in total. The maximum Gasteiger partial charge on any atom is 0.240 e. The number of nitrogens with one attached hydrogen (secondary N) is 1. The monoisotopic (exact) mass is 349 g/mol.